The van der Waals surface area contributed by atoms with Crippen LogP contribution in [0.4, 0.5) is 14.5 Å². The second-order valence-electron chi connectivity index (χ2n) is 9.86. The van der Waals surface area contributed by atoms with Crippen LogP contribution in [-0.4, -0.2) is 43.8 Å². The molecule has 3 aromatic rings. The molecule has 0 aromatic heterocycles. The zero-order chi connectivity index (χ0) is 28.7. The van der Waals surface area contributed by atoms with Crippen molar-refractivity contribution >= 4 is 27.5 Å². The summed E-state index contributed by atoms with van der Waals surface area (Å²) in [7, 11) is -4.23. The molecular weight excluding hydrogens is 536 g/mol. The van der Waals surface area contributed by atoms with Crippen molar-refractivity contribution in [1.82, 2.24) is 10.2 Å². The molecule has 1 N–H and O–H groups in total. The fraction of sp³-hybridized carbons (Fsp3) is 0.333. The largest absolute Gasteiger partial charge is 0.352 e. The Bertz CT molecular complexity index is 1400. The number of hydrogen-bond acceptors (Lipinski definition) is 4. The van der Waals surface area contributed by atoms with Gasteiger partial charge in [-0.05, 0) is 73.4 Å². The molecule has 40 heavy (non-hydrogen) atoms. The predicted octanol–water partition coefficient (Wildman–Crippen LogP) is 5.03. The van der Waals surface area contributed by atoms with Crippen LogP contribution < -0.4 is 9.62 Å². The van der Waals surface area contributed by atoms with E-state index in [1.54, 1.807) is 25.1 Å². The van der Waals surface area contributed by atoms with Crippen LogP contribution >= 0.6 is 0 Å². The topological polar surface area (TPSA) is 86.8 Å². The Labute approximate surface area is 233 Å². The van der Waals surface area contributed by atoms with Crippen molar-refractivity contribution in [2.75, 3.05) is 10.8 Å². The highest BCUT2D eigenvalue weighted by atomic mass is 32.2. The Balaban J connectivity index is 1.69. The monoisotopic (exact) mass is 569 g/mol. The van der Waals surface area contributed by atoms with E-state index < -0.39 is 40.2 Å². The van der Waals surface area contributed by atoms with E-state index in [0.717, 1.165) is 42.1 Å². The molecule has 0 spiro atoms. The van der Waals surface area contributed by atoms with Gasteiger partial charge in [-0.15, -0.1) is 0 Å². The van der Waals surface area contributed by atoms with E-state index in [1.165, 1.54) is 53.4 Å². The summed E-state index contributed by atoms with van der Waals surface area (Å²) in [6, 6.07) is 17.2. The van der Waals surface area contributed by atoms with Gasteiger partial charge in [-0.3, -0.25) is 13.9 Å². The lowest BCUT2D eigenvalue weighted by Crippen LogP contribution is -2.53. The molecule has 1 fully saturated rings. The molecule has 212 valence electrons. The van der Waals surface area contributed by atoms with E-state index in [9.17, 15) is 26.8 Å². The maximum atomic E-state index is 14.0. The van der Waals surface area contributed by atoms with Crippen LogP contribution in [0.5, 0.6) is 0 Å². The molecule has 1 atom stereocenters. The van der Waals surface area contributed by atoms with Gasteiger partial charge in [0.25, 0.3) is 10.0 Å². The first kappa shape index (κ1) is 29.2. The molecule has 0 heterocycles. The molecule has 0 radical (unpaired) electrons. The van der Waals surface area contributed by atoms with Crippen molar-refractivity contribution in [2.24, 2.45) is 0 Å². The van der Waals surface area contributed by atoms with Crippen LogP contribution in [0.25, 0.3) is 0 Å². The molecule has 0 unspecified atom stereocenters. The van der Waals surface area contributed by atoms with E-state index in [-0.39, 0.29) is 35.5 Å². The smallest absolute Gasteiger partial charge is 0.264 e. The summed E-state index contributed by atoms with van der Waals surface area (Å²) >= 11 is 0. The summed E-state index contributed by atoms with van der Waals surface area (Å²) in [5.74, 6) is -1.94. The Hall–Kier alpha value is -3.79. The molecule has 0 aliphatic heterocycles. The number of anilines is 1. The summed E-state index contributed by atoms with van der Waals surface area (Å²) in [5, 5.41) is 3.04. The van der Waals surface area contributed by atoms with E-state index in [1.807, 2.05) is 0 Å². The molecule has 10 heteroatoms. The standard InChI is InChI=1S/C30H33F2N3O4S/c1-2-28(30(37)33-25-8-6-7-9-25)34(20-22-12-14-23(31)15-13-22)29(36)21-35(26-18-16-24(32)17-19-26)40(38,39)27-10-4-3-5-11-27/h3-5,10-19,25,28H,2,6-9,20-21H2,1H3,(H,33,37)/t28-/m1/s1. The van der Waals surface area contributed by atoms with Crippen LogP contribution in [0.3, 0.4) is 0 Å². The van der Waals surface area contributed by atoms with Crippen LogP contribution in [0.1, 0.15) is 44.6 Å². The molecule has 1 aliphatic rings. The maximum absolute atomic E-state index is 14.0. The van der Waals surface area contributed by atoms with Crippen molar-refractivity contribution in [3.8, 4) is 0 Å². The van der Waals surface area contributed by atoms with Gasteiger partial charge in [-0.2, -0.15) is 0 Å². The zero-order valence-corrected chi connectivity index (χ0v) is 23.1. The van der Waals surface area contributed by atoms with Gasteiger partial charge in [0, 0.05) is 12.6 Å². The number of carbonyl (C=O) groups is 2. The van der Waals surface area contributed by atoms with Crippen molar-refractivity contribution in [1.29, 1.82) is 0 Å². The fourth-order valence-electron chi connectivity index (χ4n) is 4.93. The van der Waals surface area contributed by atoms with Crippen molar-refractivity contribution in [3.63, 3.8) is 0 Å². The molecular formula is C30H33F2N3O4S. The van der Waals surface area contributed by atoms with Crippen LogP contribution in [0.2, 0.25) is 0 Å². The molecule has 1 aliphatic carbocycles. The number of rotatable bonds is 11. The third kappa shape index (κ3) is 7.04. The van der Waals surface area contributed by atoms with Gasteiger partial charge >= 0.3 is 0 Å². The summed E-state index contributed by atoms with van der Waals surface area (Å²) < 4.78 is 55.7. The number of amides is 2. The lowest BCUT2D eigenvalue weighted by Gasteiger charge is -2.33. The minimum atomic E-state index is -4.23. The minimum Gasteiger partial charge on any atom is -0.352 e. The number of benzene rings is 3. The van der Waals surface area contributed by atoms with E-state index in [0.29, 0.717) is 5.56 Å². The average Bonchev–Trinajstić information content (AvgIpc) is 3.46. The van der Waals surface area contributed by atoms with Crippen molar-refractivity contribution < 1.29 is 26.8 Å². The molecule has 4 rings (SSSR count). The summed E-state index contributed by atoms with van der Waals surface area (Å²) in [6.07, 6.45) is 4.05. The molecule has 2 amide bonds. The Morgan fingerprint density at radius 2 is 1.48 bits per heavy atom. The van der Waals surface area contributed by atoms with E-state index in [2.05, 4.69) is 5.32 Å². The third-order valence-corrected chi connectivity index (χ3v) is 8.87. The maximum Gasteiger partial charge on any atom is 0.264 e. The van der Waals surface area contributed by atoms with Crippen molar-refractivity contribution in [2.45, 2.75) is 62.6 Å². The number of halogens is 2. The summed E-state index contributed by atoms with van der Waals surface area (Å²) in [4.78, 5) is 28.7. The van der Waals surface area contributed by atoms with Crippen LogP contribution in [0.15, 0.2) is 83.8 Å². The second kappa shape index (κ2) is 13.0. The molecule has 7 nitrogen and oxygen atoms in total. The molecule has 0 saturated heterocycles. The van der Waals surface area contributed by atoms with Crippen molar-refractivity contribution in [3.05, 3.63) is 96.1 Å². The fourth-order valence-corrected chi connectivity index (χ4v) is 6.36. The summed E-state index contributed by atoms with van der Waals surface area (Å²) in [5.41, 5.74) is 0.685. The highest BCUT2D eigenvalue weighted by Gasteiger charge is 2.34. The number of sulfonamides is 1. The number of carbonyl (C=O) groups excluding carboxylic acids is 2. The molecule has 1 saturated carbocycles. The lowest BCUT2D eigenvalue weighted by atomic mass is 10.1. The third-order valence-electron chi connectivity index (χ3n) is 7.08. The van der Waals surface area contributed by atoms with E-state index >= 15 is 0 Å². The van der Waals surface area contributed by atoms with E-state index in [4.69, 9.17) is 0 Å². The average molecular weight is 570 g/mol. The Morgan fingerprint density at radius 1 is 0.900 bits per heavy atom. The number of hydrogen-bond donors (Lipinski definition) is 1. The van der Waals surface area contributed by atoms with Gasteiger partial charge in [0.05, 0.1) is 10.6 Å². The van der Waals surface area contributed by atoms with Crippen LogP contribution in [0, 0.1) is 11.6 Å². The molecule has 3 aromatic carbocycles. The quantitative estimate of drug-likeness (QED) is 0.351. The Kier molecular flexibility index (Phi) is 9.52. The van der Waals surface area contributed by atoms with Gasteiger partial charge in [-0.1, -0.05) is 50.1 Å². The first-order valence-electron chi connectivity index (χ1n) is 13.4. The highest BCUT2D eigenvalue weighted by molar-refractivity contribution is 7.92. The summed E-state index contributed by atoms with van der Waals surface area (Å²) in [6.45, 7) is 1.12. The van der Waals surface area contributed by atoms with Gasteiger partial charge in [-0.25, -0.2) is 17.2 Å². The predicted molar refractivity (Wildman–Crippen MR) is 149 cm³/mol. The SMILES string of the molecule is CC[C@H](C(=O)NC1CCCC1)N(Cc1ccc(F)cc1)C(=O)CN(c1ccc(F)cc1)S(=O)(=O)c1ccccc1. The van der Waals surface area contributed by atoms with Crippen LogP contribution in [-0.2, 0) is 26.2 Å². The minimum absolute atomic E-state index is 0.0264. The zero-order valence-electron chi connectivity index (χ0n) is 22.3. The second-order valence-corrected chi connectivity index (χ2v) is 11.7. The molecule has 0 bridgehead atoms. The van der Waals surface area contributed by atoms with Gasteiger partial charge < -0.3 is 10.2 Å². The lowest BCUT2D eigenvalue weighted by molar-refractivity contribution is -0.140. The van der Waals surface area contributed by atoms with Gasteiger partial charge in [0.2, 0.25) is 11.8 Å². The number of nitrogens with zero attached hydrogens (tertiary/aromatic N) is 2. The van der Waals surface area contributed by atoms with Gasteiger partial charge in [0.15, 0.2) is 0 Å². The first-order chi connectivity index (χ1) is 19.2. The number of nitrogens with one attached hydrogen (secondary N) is 1. The first-order valence-corrected chi connectivity index (χ1v) is 14.8. The van der Waals surface area contributed by atoms with Gasteiger partial charge in [0.1, 0.15) is 24.2 Å². The Morgan fingerprint density at radius 3 is 2.05 bits per heavy atom. The highest BCUT2D eigenvalue weighted by Crippen LogP contribution is 2.25. The normalized spacial score (nSPS) is 14.5.